The van der Waals surface area contributed by atoms with E-state index in [1.807, 2.05) is 6.92 Å². The van der Waals surface area contributed by atoms with Crippen molar-refractivity contribution in [3.8, 4) is 6.07 Å². The lowest BCUT2D eigenvalue weighted by molar-refractivity contribution is -0.139. The summed E-state index contributed by atoms with van der Waals surface area (Å²) < 4.78 is 4.61. The summed E-state index contributed by atoms with van der Waals surface area (Å²) in [6.45, 7) is 1.74. The van der Waals surface area contributed by atoms with Gasteiger partial charge in [0.25, 0.3) is 0 Å². The van der Waals surface area contributed by atoms with Crippen LogP contribution < -0.4 is 0 Å². The lowest BCUT2D eigenvalue weighted by Gasteiger charge is -2.11. The number of esters is 1. The molecule has 17 heavy (non-hydrogen) atoms. The third-order valence-electron chi connectivity index (χ3n) is 2.69. The Morgan fingerprint density at radius 1 is 1.47 bits per heavy atom. The fourth-order valence-electron chi connectivity index (χ4n) is 1.81. The zero-order valence-corrected chi connectivity index (χ0v) is 9.99. The lowest BCUT2D eigenvalue weighted by Crippen LogP contribution is -2.09. The minimum Gasteiger partial charge on any atom is -0.469 e. The van der Waals surface area contributed by atoms with Gasteiger partial charge in [-0.1, -0.05) is 19.1 Å². The van der Waals surface area contributed by atoms with E-state index in [9.17, 15) is 4.79 Å². The molecule has 0 saturated heterocycles. The highest BCUT2D eigenvalue weighted by Crippen LogP contribution is 2.20. The second-order valence-corrected chi connectivity index (χ2v) is 3.61. The average molecular weight is 233 g/mol. The SMILES string of the molecule is CCc1c(CC(=O)OC)ccc(CO)c1C#N. The molecule has 4 nitrogen and oxygen atoms in total. The van der Waals surface area contributed by atoms with Gasteiger partial charge in [-0.2, -0.15) is 5.26 Å². The third-order valence-corrected chi connectivity index (χ3v) is 2.69. The van der Waals surface area contributed by atoms with Crippen LogP contribution in [0.4, 0.5) is 0 Å². The summed E-state index contributed by atoms with van der Waals surface area (Å²) in [5.74, 6) is -0.333. The number of benzene rings is 1. The van der Waals surface area contributed by atoms with E-state index >= 15 is 0 Å². The van der Waals surface area contributed by atoms with Gasteiger partial charge in [-0.15, -0.1) is 0 Å². The van der Waals surface area contributed by atoms with Crippen molar-refractivity contribution < 1.29 is 14.6 Å². The zero-order chi connectivity index (χ0) is 12.8. The smallest absolute Gasteiger partial charge is 0.309 e. The van der Waals surface area contributed by atoms with Crippen molar-refractivity contribution in [1.29, 1.82) is 5.26 Å². The summed E-state index contributed by atoms with van der Waals surface area (Å²) in [6, 6.07) is 5.53. The fraction of sp³-hybridized carbons (Fsp3) is 0.385. The zero-order valence-electron chi connectivity index (χ0n) is 9.99. The van der Waals surface area contributed by atoms with E-state index in [4.69, 9.17) is 10.4 Å². The monoisotopic (exact) mass is 233 g/mol. The van der Waals surface area contributed by atoms with E-state index in [0.717, 1.165) is 11.1 Å². The summed E-state index contributed by atoms with van der Waals surface area (Å²) in [4.78, 5) is 11.2. The number of ether oxygens (including phenoxy) is 1. The molecular weight excluding hydrogens is 218 g/mol. The standard InChI is InChI=1S/C13H15NO3/c1-3-11-9(6-13(16)17-2)4-5-10(8-15)12(11)7-14/h4-5,15H,3,6,8H2,1-2H3. The highest BCUT2D eigenvalue weighted by Gasteiger charge is 2.13. The number of hydrogen-bond acceptors (Lipinski definition) is 4. The van der Waals surface area contributed by atoms with Crippen molar-refractivity contribution in [1.82, 2.24) is 0 Å². The largest absolute Gasteiger partial charge is 0.469 e. The van der Waals surface area contributed by atoms with E-state index in [0.29, 0.717) is 17.5 Å². The predicted octanol–water partition coefficient (Wildman–Crippen LogP) is 1.33. The molecule has 1 N–H and O–H groups in total. The number of hydrogen-bond donors (Lipinski definition) is 1. The first-order chi connectivity index (χ1) is 8.17. The Morgan fingerprint density at radius 2 is 2.12 bits per heavy atom. The molecule has 4 heteroatoms. The first-order valence-electron chi connectivity index (χ1n) is 5.39. The Bertz CT molecular complexity index is 460. The maximum atomic E-state index is 11.2. The lowest BCUT2D eigenvalue weighted by atomic mass is 9.93. The van der Waals surface area contributed by atoms with Crippen LogP contribution in [0.1, 0.15) is 29.2 Å². The van der Waals surface area contributed by atoms with Gasteiger partial charge >= 0.3 is 5.97 Å². The molecule has 0 saturated carbocycles. The van der Waals surface area contributed by atoms with Gasteiger partial charge in [0.1, 0.15) is 0 Å². The molecule has 0 aliphatic heterocycles. The van der Waals surface area contributed by atoms with Gasteiger partial charge < -0.3 is 9.84 Å². The number of nitrogens with zero attached hydrogens (tertiary/aromatic N) is 1. The molecule has 1 aromatic carbocycles. The number of rotatable bonds is 4. The summed E-state index contributed by atoms with van der Waals surface area (Å²) in [5.41, 5.74) is 2.66. The Morgan fingerprint density at radius 3 is 2.59 bits per heavy atom. The number of methoxy groups -OCH3 is 1. The van der Waals surface area contributed by atoms with Gasteiger partial charge in [-0.25, -0.2) is 0 Å². The minimum atomic E-state index is -0.333. The van der Waals surface area contributed by atoms with Gasteiger partial charge in [0.2, 0.25) is 0 Å². The van der Waals surface area contributed by atoms with Crippen LogP contribution in [0.3, 0.4) is 0 Å². The Labute approximate surface area is 100 Å². The third kappa shape index (κ3) is 2.83. The number of aliphatic hydroxyl groups is 1. The van der Waals surface area contributed by atoms with Crippen molar-refractivity contribution >= 4 is 5.97 Å². The summed E-state index contributed by atoms with van der Waals surface area (Å²) in [6.07, 6.45) is 0.795. The van der Waals surface area contributed by atoms with E-state index in [1.165, 1.54) is 7.11 Å². The fourth-order valence-corrected chi connectivity index (χ4v) is 1.81. The van der Waals surface area contributed by atoms with Crippen LogP contribution in [-0.4, -0.2) is 18.2 Å². The van der Waals surface area contributed by atoms with Crippen molar-refractivity contribution in [2.45, 2.75) is 26.4 Å². The van der Waals surface area contributed by atoms with E-state index in [1.54, 1.807) is 12.1 Å². The van der Waals surface area contributed by atoms with Gasteiger partial charge in [-0.3, -0.25) is 4.79 Å². The van der Waals surface area contributed by atoms with Crippen molar-refractivity contribution in [2.24, 2.45) is 0 Å². The first-order valence-corrected chi connectivity index (χ1v) is 5.39. The van der Waals surface area contributed by atoms with Crippen LogP contribution in [0.25, 0.3) is 0 Å². The molecule has 1 rings (SSSR count). The second-order valence-electron chi connectivity index (χ2n) is 3.61. The van der Waals surface area contributed by atoms with Gasteiger partial charge in [-0.05, 0) is 23.1 Å². The normalized spacial score (nSPS) is 9.76. The first kappa shape index (κ1) is 13.2. The van der Waals surface area contributed by atoms with Crippen molar-refractivity contribution in [3.05, 3.63) is 34.4 Å². The minimum absolute atomic E-state index is 0.153. The van der Waals surface area contributed by atoms with Crippen LogP contribution in [0.5, 0.6) is 0 Å². The molecule has 0 unspecified atom stereocenters. The molecule has 0 fully saturated rings. The van der Waals surface area contributed by atoms with Gasteiger partial charge in [0.05, 0.1) is 31.8 Å². The van der Waals surface area contributed by atoms with Gasteiger partial charge in [0.15, 0.2) is 0 Å². The van der Waals surface area contributed by atoms with Crippen LogP contribution in [0.2, 0.25) is 0 Å². The Kier molecular flexibility index (Phi) is 4.68. The molecule has 0 amide bonds. The Hall–Kier alpha value is -1.86. The quantitative estimate of drug-likeness (QED) is 0.796. The number of aliphatic hydroxyl groups excluding tert-OH is 1. The summed E-state index contributed by atoms with van der Waals surface area (Å²) in [7, 11) is 1.33. The van der Waals surface area contributed by atoms with E-state index in [2.05, 4.69) is 10.8 Å². The maximum absolute atomic E-state index is 11.2. The molecule has 1 aromatic rings. The molecule has 0 aliphatic carbocycles. The Balaban J connectivity index is 3.24. The molecule has 0 heterocycles. The molecule has 0 spiro atoms. The molecule has 0 radical (unpaired) electrons. The van der Waals surface area contributed by atoms with E-state index in [-0.39, 0.29) is 19.0 Å². The topological polar surface area (TPSA) is 70.3 Å². The van der Waals surface area contributed by atoms with Crippen LogP contribution in [-0.2, 0) is 29.0 Å². The molecule has 0 aromatic heterocycles. The molecular formula is C13H15NO3. The predicted molar refractivity (Wildman–Crippen MR) is 62.2 cm³/mol. The number of nitriles is 1. The van der Waals surface area contributed by atoms with Crippen LogP contribution in [0, 0.1) is 11.3 Å². The molecule has 0 aliphatic rings. The van der Waals surface area contributed by atoms with Crippen LogP contribution >= 0.6 is 0 Å². The average Bonchev–Trinajstić information content (AvgIpc) is 2.37. The van der Waals surface area contributed by atoms with E-state index < -0.39 is 0 Å². The molecule has 0 atom stereocenters. The molecule has 90 valence electrons. The second kappa shape index (κ2) is 6.02. The van der Waals surface area contributed by atoms with Crippen LogP contribution in [0.15, 0.2) is 12.1 Å². The summed E-state index contributed by atoms with van der Waals surface area (Å²) >= 11 is 0. The number of carbonyl (C=O) groups excluding carboxylic acids is 1. The number of carbonyl (C=O) groups is 1. The maximum Gasteiger partial charge on any atom is 0.309 e. The van der Waals surface area contributed by atoms with Crippen molar-refractivity contribution in [2.75, 3.05) is 7.11 Å². The van der Waals surface area contributed by atoms with Crippen molar-refractivity contribution in [3.63, 3.8) is 0 Å². The molecule has 0 bridgehead atoms. The highest BCUT2D eigenvalue weighted by molar-refractivity contribution is 5.73. The van der Waals surface area contributed by atoms with Gasteiger partial charge in [0, 0.05) is 0 Å². The summed E-state index contributed by atoms with van der Waals surface area (Å²) in [5, 5.41) is 18.2. The highest BCUT2D eigenvalue weighted by atomic mass is 16.5.